The standard InChI is InChI=1S/C37H72O4/c1-3-5-7-9-11-13-15-16-17-18-19-21-23-25-27-29-32-35(41-37(40)34-30-33-36(38)39)31-28-26-24-22-20-14-12-10-8-6-4-2/h35H,3-34H2,1-2H3,(H,38,39). The van der Waals surface area contributed by atoms with Gasteiger partial charge in [0.25, 0.3) is 0 Å². The number of carboxylic acid groups (broad SMARTS) is 1. The van der Waals surface area contributed by atoms with E-state index in [0.717, 1.165) is 25.7 Å². The Kier molecular flexibility index (Phi) is 32.6. The van der Waals surface area contributed by atoms with Crippen LogP contribution in [0.2, 0.25) is 0 Å². The van der Waals surface area contributed by atoms with Gasteiger partial charge in [-0.25, -0.2) is 0 Å². The highest BCUT2D eigenvalue weighted by Crippen LogP contribution is 2.19. The van der Waals surface area contributed by atoms with Crippen LogP contribution in [-0.2, 0) is 14.3 Å². The third-order valence-corrected chi connectivity index (χ3v) is 8.58. The zero-order valence-electron chi connectivity index (χ0n) is 27.9. The van der Waals surface area contributed by atoms with Crippen molar-refractivity contribution in [3.8, 4) is 0 Å². The molecule has 0 rings (SSSR count). The number of hydrogen-bond donors (Lipinski definition) is 1. The van der Waals surface area contributed by atoms with Crippen LogP contribution in [-0.4, -0.2) is 23.1 Å². The summed E-state index contributed by atoms with van der Waals surface area (Å²) in [4.78, 5) is 23.0. The average molecular weight is 581 g/mol. The zero-order valence-corrected chi connectivity index (χ0v) is 27.9. The minimum Gasteiger partial charge on any atom is -0.481 e. The molecule has 0 aliphatic heterocycles. The first-order chi connectivity index (χ1) is 20.1. The first-order valence-electron chi connectivity index (χ1n) is 18.5. The molecule has 41 heavy (non-hydrogen) atoms. The fraction of sp³-hybridized carbons (Fsp3) is 0.946. The highest BCUT2D eigenvalue weighted by Gasteiger charge is 2.14. The van der Waals surface area contributed by atoms with Crippen LogP contribution in [0.3, 0.4) is 0 Å². The van der Waals surface area contributed by atoms with Gasteiger partial charge in [0.05, 0.1) is 0 Å². The Balaban J connectivity index is 3.88. The monoisotopic (exact) mass is 581 g/mol. The second kappa shape index (κ2) is 33.4. The third-order valence-electron chi connectivity index (χ3n) is 8.58. The fourth-order valence-corrected chi connectivity index (χ4v) is 5.85. The molecule has 0 aromatic carbocycles. The first-order valence-corrected chi connectivity index (χ1v) is 18.5. The third kappa shape index (κ3) is 33.3. The van der Waals surface area contributed by atoms with Gasteiger partial charge in [0, 0.05) is 12.8 Å². The number of rotatable bonds is 34. The lowest BCUT2D eigenvalue weighted by Crippen LogP contribution is -2.18. The molecule has 1 unspecified atom stereocenters. The van der Waals surface area contributed by atoms with Crippen LogP contribution >= 0.6 is 0 Å². The number of carbonyl (C=O) groups is 2. The van der Waals surface area contributed by atoms with E-state index in [0.29, 0.717) is 6.42 Å². The van der Waals surface area contributed by atoms with Crippen LogP contribution in [0.1, 0.15) is 219 Å². The molecule has 0 aliphatic carbocycles. The van der Waals surface area contributed by atoms with Crippen LogP contribution in [0.4, 0.5) is 0 Å². The summed E-state index contributed by atoms with van der Waals surface area (Å²) in [6.45, 7) is 4.55. The van der Waals surface area contributed by atoms with Crippen LogP contribution < -0.4 is 0 Å². The maximum atomic E-state index is 12.3. The second-order valence-electron chi connectivity index (χ2n) is 12.8. The fourth-order valence-electron chi connectivity index (χ4n) is 5.85. The summed E-state index contributed by atoms with van der Waals surface area (Å²) < 4.78 is 5.82. The summed E-state index contributed by atoms with van der Waals surface area (Å²) in [5, 5.41) is 8.83. The minimum absolute atomic E-state index is 0.0116. The van der Waals surface area contributed by atoms with Gasteiger partial charge in [-0.05, 0) is 32.1 Å². The van der Waals surface area contributed by atoms with Crippen molar-refractivity contribution in [1.82, 2.24) is 0 Å². The van der Waals surface area contributed by atoms with E-state index in [1.54, 1.807) is 0 Å². The molecule has 0 saturated carbocycles. The van der Waals surface area contributed by atoms with Gasteiger partial charge in [0.15, 0.2) is 0 Å². The highest BCUT2D eigenvalue weighted by molar-refractivity contribution is 5.71. The van der Waals surface area contributed by atoms with Gasteiger partial charge in [0.2, 0.25) is 0 Å². The zero-order chi connectivity index (χ0) is 30.1. The first kappa shape index (κ1) is 39.9. The molecule has 0 spiro atoms. The van der Waals surface area contributed by atoms with Crippen molar-refractivity contribution < 1.29 is 19.4 Å². The molecule has 0 saturated heterocycles. The van der Waals surface area contributed by atoms with Gasteiger partial charge in [0.1, 0.15) is 6.10 Å². The van der Waals surface area contributed by atoms with Crippen LogP contribution in [0.5, 0.6) is 0 Å². The van der Waals surface area contributed by atoms with Gasteiger partial charge in [-0.3, -0.25) is 9.59 Å². The highest BCUT2D eigenvalue weighted by atomic mass is 16.5. The predicted octanol–water partition coefficient (Wildman–Crippen LogP) is 12.5. The summed E-state index contributed by atoms with van der Waals surface area (Å²) in [6, 6.07) is 0. The Hall–Kier alpha value is -1.06. The normalized spacial score (nSPS) is 12.0. The van der Waals surface area contributed by atoms with Crippen molar-refractivity contribution in [2.75, 3.05) is 0 Å². The summed E-state index contributed by atoms with van der Waals surface area (Å²) in [7, 11) is 0. The van der Waals surface area contributed by atoms with E-state index in [9.17, 15) is 9.59 Å². The van der Waals surface area contributed by atoms with Crippen LogP contribution in [0, 0.1) is 0 Å². The van der Waals surface area contributed by atoms with E-state index in [-0.39, 0.29) is 24.9 Å². The van der Waals surface area contributed by atoms with Crippen LogP contribution in [0.25, 0.3) is 0 Å². The van der Waals surface area contributed by atoms with Gasteiger partial charge < -0.3 is 9.84 Å². The number of ether oxygens (including phenoxy) is 1. The second-order valence-corrected chi connectivity index (χ2v) is 12.8. The van der Waals surface area contributed by atoms with E-state index in [1.807, 2.05) is 0 Å². The molecule has 0 fully saturated rings. The number of aliphatic carboxylic acids is 1. The van der Waals surface area contributed by atoms with Crippen molar-refractivity contribution in [3.63, 3.8) is 0 Å². The molecule has 244 valence electrons. The molecule has 0 aromatic heterocycles. The average Bonchev–Trinajstić information content (AvgIpc) is 2.95. The quantitative estimate of drug-likeness (QED) is 0.0607. The number of esters is 1. The topological polar surface area (TPSA) is 63.6 Å². The molecule has 1 N–H and O–H groups in total. The van der Waals surface area contributed by atoms with Crippen molar-refractivity contribution in [2.45, 2.75) is 225 Å². The Morgan fingerprint density at radius 3 is 1.02 bits per heavy atom. The minimum atomic E-state index is -0.844. The lowest BCUT2D eigenvalue weighted by molar-refractivity contribution is -0.150. The van der Waals surface area contributed by atoms with E-state index < -0.39 is 5.97 Å². The number of carboxylic acids is 1. The lowest BCUT2D eigenvalue weighted by atomic mass is 10.0. The maximum absolute atomic E-state index is 12.3. The summed E-state index contributed by atoms with van der Waals surface area (Å²) in [5.41, 5.74) is 0. The van der Waals surface area contributed by atoms with Gasteiger partial charge in [-0.15, -0.1) is 0 Å². The Morgan fingerprint density at radius 1 is 0.439 bits per heavy atom. The molecule has 0 aliphatic rings. The number of unbranched alkanes of at least 4 members (excludes halogenated alkanes) is 25. The number of carbonyl (C=O) groups excluding carboxylic acids is 1. The van der Waals surface area contributed by atoms with Gasteiger partial charge in [-0.1, -0.05) is 174 Å². The molecule has 0 amide bonds. The SMILES string of the molecule is CCCCCCCCCCCCCCCCCCC(CCCCCCCCCCCCC)OC(=O)CCCC(=O)O. The van der Waals surface area contributed by atoms with Crippen molar-refractivity contribution in [2.24, 2.45) is 0 Å². The summed E-state index contributed by atoms with van der Waals surface area (Å²) in [5.74, 6) is -1.06. The Bertz CT molecular complexity index is 547. The molecular weight excluding hydrogens is 508 g/mol. The lowest BCUT2D eigenvalue weighted by Gasteiger charge is -2.18. The van der Waals surface area contributed by atoms with E-state index in [2.05, 4.69) is 13.8 Å². The molecule has 4 heteroatoms. The molecule has 0 aromatic rings. The molecular formula is C37H72O4. The molecule has 1 atom stereocenters. The van der Waals surface area contributed by atoms with Crippen molar-refractivity contribution in [3.05, 3.63) is 0 Å². The largest absolute Gasteiger partial charge is 0.481 e. The van der Waals surface area contributed by atoms with Gasteiger partial charge in [-0.2, -0.15) is 0 Å². The van der Waals surface area contributed by atoms with E-state index in [1.165, 1.54) is 161 Å². The van der Waals surface area contributed by atoms with Gasteiger partial charge >= 0.3 is 11.9 Å². The van der Waals surface area contributed by atoms with E-state index in [4.69, 9.17) is 9.84 Å². The van der Waals surface area contributed by atoms with E-state index >= 15 is 0 Å². The molecule has 0 heterocycles. The number of hydrogen-bond acceptors (Lipinski definition) is 3. The molecule has 0 bridgehead atoms. The molecule has 4 nitrogen and oxygen atoms in total. The summed E-state index contributed by atoms with van der Waals surface area (Å²) >= 11 is 0. The maximum Gasteiger partial charge on any atom is 0.306 e. The Labute approximate surface area is 256 Å². The van der Waals surface area contributed by atoms with Crippen molar-refractivity contribution >= 4 is 11.9 Å². The predicted molar refractivity (Wildman–Crippen MR) is 177 cm³/mol. The Morgan fingerprint density at radius 2 is 0.732 bits per heavy atom. The smallest absolute Gasteiger partial charge is 0.306 e. The summed E-state index contributed by atoms with van der Waals surface area (Å²) in [6.07, 6.45) is 39.0. The van der Waals surface area contributed by atoms with Crippen LogP contribution in [0.15, 0.2) is 0 Å². The van der Waals surface area contributed by atoms with Crippen molar-refractivity contribution in [1.29, 1.82) is 0 Å². The molecule has 0 radical (unpaired) electrons.